The normalized spacial score (nSPS) is 13.8. The Balaban J connectivity index is 1.74. The van der Waals surface area contributed by atoms with Crippen LogP contribution in [0.15, 0.2) is 32.6 Å². The van der Waals surface area contributed by atoms with E-state index >= 15 is 0 Å². The Morgan fingerprint density at radius 1 is 1.18 bits per heavy atom. The van der Waals surface area contributed by atoms with E-state index in [1.54, 1.807) is 22.8 Å². The summed E-state index contributed by atoms with van der Waals surface area (Å²) in [5.41, 5.74) is 5.34. The average molecular weight is 467 g/mol. The number of aryl methyl sites for hydroxylation is 1. The maximum absolute atomic E-state index is 13.3. The van der Waals surface area contributed by atoms with Gasteiger partial charge in [0, 0.05) is 32.1 Å². The molecule has 180 valence electrons. The van der Waals surface area contributed by atoms with Crippen molar-refractivity contribution < 1.29 is 4.79 Å². The van der Waals surface area contributed by atoms with Crippen LogP contribution in [0.3, 0.4) is 0 Å². The van der Waals surface area contributed by atoms with Crippen LogP contribution in [-0.2, 0) is 19.5 Å². The Labute approximate surface area is 196 Å². The average Bonchev–Trinajstić information content (AvgIpc) is 2.79. The molecule has 4 rings (SSSR count). The zero-order valence-electron chi connectivity index (χ0n) is 19.6. The number of carbonyl (C=O) groups is 1. The molecule has 0 saturated heterocycles. The zero-order valence-corrected chi connectivity index (χ0v) is 19.6. The van der Waals surface area contributed by atoms with Gasteiger partial charge in [-0.25, -0.2) is 9.78 Å². The summed E-state index contributed by atoms with van der Waals surface area (Å²) in [5.74, 6) is 0.184. The first-order valence-corrected chi connectivity index (χ1v) is 11.8. The van der Waals surface area contributed by atoms with E-state index in [0.717, 1.165) is 42.8 Å². The van der Waals surface area contributed by atoms with E-state index < -0.39 is 17.2 Å². The third kappa shape index (κ3) is 4.27. The number of anilines is 2. The maximum atomic E-state index is 13.3. The lowest BCUT2D eigenvalue weighted by molar-refractivity contribution is 0.0992. The Bertz CT molecular complexity index is 1420. The van der Waals surface area contributed by atoms with Crippen molar-refractivity contribution in [2.75, 3.05) is 17.7 Å². The van der Waals surface area contributed by atoms with Gasteiger partial charge < -0.3 is 10.6 Å². The van der Waals surface area contributed by atoms with Gasteiger partial charge in [-0.2, -0.15) is 0 Å². The summed E-state index contributed by atoms with van der Waals surface area (Å²) in [4.78, 5) is 59.2. The van der Waals surface area contributed by atoms with E-state index in [4.69, 9.17) is 10.7 Å². The minimum absolute atomic E-state index is 0.0587. The van der Waals surface area contributed by atoms with E-state index in [0.29, 0.717) is 36.8 Å². The number of hydrogen-bond acceptors (Lipinski definition) is 6. The molecular formula is C24H30N6O4. The Morgan fingerprint density at radius 3 is 2.71 bits per heavy atom. The molecule has 34 heavy (non-hydrogen) atoms. The van der Waals surface area contributed by atoms with Crippen LogP contribution in [0.2, 0.25) is 0 Å². The number of hydrogen-bond donors (Lipinski definition) is 2. The minimum atomic E-state index is -0.732. The molecule has 0 saturated carbocycles. The molecule has 3 N–H and O–H groups in total. The number of aromatic amines is 1. The van der Waals surface area contributed by atoms with Gasteiger partial charge in [0.05, 0.1) is 10.9 Å². The van der Waals surface area contributed by atoms with E-state index in [2.05, 4.69) is 4.98 Å². The van der Waals surface area contributed by atoms with Gasteiger partial charge in [0.2, 0.25) is 0 Å². The number of nitrogens with zero attached hydrogens (tertiary/aromatic N) is 4. The molecule has 1 aromatic carbocycles. The molecule has 0 spiro atoms. The quantitative estimate of drug-likeness (QED) is 0.590. The number of fused-ring (bicyclic) bond motifs is 2. The fourth-order valence-electron chi connectivity index (χ4n) is 4.46. The number of nitrogens with two attached hydrogens (primary N) is 1. The van der Waals surface area contributed by atoms with Crippen LogP contribution in [0, 0.1) is 0 Å². The molecular weight excluding hydrogens is 436 g/mol. The van der Waals surface area contributed by atoms with Crippen LogP contribution in [0.25, 0.3) is 10.9 Å². The molecule has 1 amide bonds. The molecule has 0 bridgehead atoms. The lowest BCUT2D eigenvalue weighted by Gasteiger charge is -2.21. The molecule has 10 nitrogen and oxygen atoms in total. The van der Waals surface area contributed by atoms with Crippen molar-refractivity contribution >= 4 is 28.3 Å². The number of amides is 1. The van der Waals surface area contributed by atoms with E-state index in [1.807, 2.05) is 6.92 Å². The first-order valence-electron chi connectivity index (χ1n) is 11.8. The second-order valence-corrected chi connectivity index (χ2v) is 8.74. The highest BCUT2D eigenvalue weighted by molar-refractivity contribution is 6.08. The van der Waals surface area contributed by atoms with Crippen molar-refractivity contribution in [3.8, 4) is 0 Å². The lowest BCUT2D eigenvalue weighted by Crippen LogP contribution is -2.39. The topological polar surface area (TPSA) is 136 Å². The highest BCUT2D eigenvalue weighted by Gasteiger charge is 2.23. The molecule has 0 atom stereocenters. The predicted octanol–water partition coefficient (Wildman–Crippen LogP) is 2.02. The second kappa shape index (κ2) is 9.66. The van der Waals surface area contributed by atoms with Gasteiger partial charge in [0.25, 0.3) is 17.0 Å². The molecule has 0 fully saturated rings. The highest BCUT2D eigenvalue weighted by Crippen LogP contribution is 2.21. The summed E-state index contributed by atoms with van der Waals surface area (Å²) >= 11 is 0. The van der Waals surface area contributed by atoms with Crippen molar-refractivity contribution in [2.24, 2.45) is 0 Å². The third-order valence-corrected chi connectivity index (χ3v) is 6.40. The van der Waals surface area contributed by atoms with Crippen molar-refractivity contribution in [2.45, 2.75) is 65.0 Å². The van der Waals surface area contributed by atoms with Crippen molar-refractivity contribution in [3.05, 3.63) is 60.8 Å². The lowest BCUT2D eigenvalue weighted by atomic mass is 10.1. The van der Waals surface area contributed by atoms with Gasteiger partial charge in [0.15, 0.2) is 5.69 Å². The molecule has 0 unspecified atom stereocenters. The number of aromatic nitrogens is 4. The molecule has 1 aliphatic heterocycles. The molecule has 0 radical (unpaired) electrons. The number of nitrogens with one attached hydrogen (secondary N) is 1. The van der Waals surface area contributed by atoms with Crippen LogP contribution in [0.4, 0.5) is 11.5 Å². The molecule has 2 aromatic heterocycles. The second-order valence-electron chi connectivity index (χ2n) is 8.74. The van der Waals surface area contributed by atoms with Crippen LogP contribution in [0.1, 0.15) is 61.6 Å². The summed E-state index contributed by atoms with van der Waals surface area (Å²) in [5, 5.41) is 0.453. The molecule has 10 heteroatoms. The Kier molecular flexibility index (Phi) is 6.67. The van der Waals surface area contributed by atoms with Gasteiger partial charge in [-0.15, -0.1) is 0 Å². The third-order valence-electron chi connectivity index (χ3n) is 6.40. The van der Waals surface area contributed by atoms with E-state index in [1.165, 1.54) is 11.6 Å². The number of rotatable bonds is 5. The molecule has 3 heterocycles. The number of benzene rings is 1. The Hall–Kier alpha value is -3.69. The predicted molar refractivity (Wildman–Crippen MR) is 132 cm³/mol. The Morgan fingerprint density at radius 2 is 1.94 bits per heavy atom. The smallest absolute Gasteiger partial charge is 0.330 e. The number of unbranched alkanes of at least 4 members (excludes halogenated alkanes) is 1. The van der Waals surface area contributed by atoms with Crippen LogP contribution in [-0.4, -0.2) is 32.1 Å². The number of nitrogen functional groups attached to an aromatic ring is 1. The molecule has 0 aliphatic carbocycles. The first-order chi connectivity index (χ1) is 16.3. The van der Waals surface area contributed by atoms with Gasteiger partial charge >= 0.3 is 5.69 Å². The fraction of sp³-hybridized carbons (Fsp3) is 0.458. The van der Waals surface area contributed by atoms with Gasteiger partial charge in [-0.3, -0.25) is 28.5 Å². The largest absolute Gasteiger partial charge is 0.383 e. The van der Waals surface area contributed by atoms with Gasteiger partial charge in [-0.05, 0) is 37.5 Å². The maximum Gasteiger partial charge on any atom is 0.330 e. The summed E-state index contributed by atoms with van der Waals surface area (Å²) in [7, 11) is 1.44. The monoisotopic (exact) mass is 466 g/mol. The fourth-order valence-corrected chi connectivity index (χ4v) is 4.46. The van der Waals surface area contributed by atoms with E-state index in [-0.39, 0.29) is 22.6 Å². The van der Waals surface area contributed by atoms with Gasteiger partial charge in [0.1, 0.15) is 11.6 Å². The van der Waals surface area contributed by atoms with E-state index in [9.17, 15) is 19.2 Å². The molecule has 1 aliphatic rings. The van der Waals surface area contributed by atoms with Gasteiger partial charge in [-0.1, -0.05) is 26.2 Å². The standard InChI is InChI=1S/C24H30N6O4/c1-3-4-12-30-20(25)19(21(31)27-24(30)34)28(2)22(32)15-10-11-16-17(14-15)26-18-9-7-5-6-8-13-29(18)23(16)33/h10-11,14H,3-9,12-13,25H2,1-2H3,(H,27,31,34). The zero-order chi connectivity index (χ0) is 24.4. The van der Waals surface area contributed by atoms with Crippen molar-refractivity contribution in [3.63, 3.8) is 0 Å². The highest BCUT2D eigenvalue weighted by atomic mass is 16.2. The molecule has 3 aromatic rings. The van der Waals surface area contributed by atoms with Crippen molar-refractivity contribution in [1.29, 1.82) is 0 Å². The summed E-state index contributed by atoms with van der Waals surface area (Å²) in [6.45, 7) is 2.96. The van der Waals surface area contributed by atoms with Crippen LogP contribution in [0.5, 0.6) is 0 Å². The summed E-state index contributed by atoms with van der Waals surface area (Å²) in [6.07, 6.45) is 6.36. The number of carbonyl (C=O) groups excluding carboxylic acids is 1. The first kappa shape index (κ1) is 23.5. The number of H-pyrrole nitrogens is 1. The van der Waals surface area contributed by atoms with Crippen molar-refractivity contribution in [1.82, 2.24) is 19.1 Å². The minimum Gasteiger partial charge on any atom is -0.383 e. The van der Waals surface area contributed by atoms with Crippen LogP contribution < -0.4 is 27.4 Å². The SMILES string of the molecule is CCCCn1c(N)c(N(C)C(=O)c2ccc3c(=O)n4c(nc3c2)CCCCCC4)c(=O)[nH]c1=O. The van der Waals surface area contributed by atoms with Crippen LogP contribution >= 0.6 is 0 Å². The summed E-state index contributed by atoms with van der Waals surface area (Å²) < 4.78 is 3.01. The summed E-state index contributed by atoms with van der Waals surface area (Å²) in [6, 6.07) is 4.73.